The fourth-order valence-corrected chi connectivity index (χ4v) is 2.07. The molecule has 4 nitrogen and oxygen atoms in total. The number of amides is 3. The van der Waals surface area contributed by atoms with Crippen molar-refractivity contribution >= 4 is 28.7 Å². The molecule has 1 aromatic rings. The first-order valence-electron chi connectivity index (χ1n) is 4.58. The fourth-order valence-electron chi connectivity index (χ4n) is 1.29. The maximum absolute atomic E-state index is 11.6. The van der Waals surface area contributed by atoms with Gasteiger partial charge in [-0.15, -0.1) is 0 Å². The van der Waals surface area contributed by atoms with Crippen molar-refractivity contribution in [2.45, 2.75) is 0 Å². The Morgan fingerprint density at radius 2 is 2.07 bits per heavy atom. The van der Waals surface area contributed by atoms with Crippen LogP contribution in [0.25, 0.3) is 0 Å². The van der Waals surface area contributed by atoms with Crippen LogP contribution in [0.3, 0.4) is 0 Å². The monoisotopic (exact) mass is 222 g/mol. The van der Waals surface area contributed by atoms with Gasteiger partial charge >= 0.3 is 6.03 Å². The molecule has 0 aromatic heterocycles. The van der Waals surface area contributed by atoms with E-state index >= 15 is 0 Å². The van der Waals surface area contributed by atoms with Crippen LogP contribution in [0.1, 0.15) is 0 Å². The summed E-state index contributed by atoms with van der Waals surface area (Å²) in [5.41, 5.74) is 0.701. The fraction of sp³-hybridized carbons (Fsp3) is 0.200. The molecule has 1 heterocycles. The first-order chi connectivity index (χ1) is 7.27. The predicted molar refractivity (Wildman–Crippen MR) is 60.0 cm³/mol. The Hall–Kier alpha value is -1.49. The number of rotatable bonds is 1. The molecule has 0 aliphatic carbocycles. The minimum absolute atomic E-state index is 0.177. The lowest BCUT2D eigenvalue weighted by atomic mass is 10.3. The number of imide groups is 1. The molecule has 15 heavy (non-hydrogen) atoms. The highest BCUT2D eigenvalue weighted by Crippen LogP contribution is 2.18. The van der Waals surface area contributed by atoms with Gasteiger partial charge in [0, 0.05) is 18.0 Å². The van der Waals surface area contributed by atoms with Crippen LogP contribution in [0, 0.1) is 0 Å². The number of carbonyl (C=O) groups excluding carboxylic acids is 2. The molecule has 0 radical (unpaired) electrons. The van der Waals surface area contributed by atoms with Gasteiger partial charge < -0.3 is 5.32 Å². The molecule has 0 unspecified atom stereocenters. The summed E-state index contributed by atoms with van der Waals surface area (Å²) in [5, 5.41) is 2.49. The van der Waals surface area contributed by atoms with Gasteiger partial charge in [0.2, 0.25) is 0 Å². The molecule has 1 N–H and O–H groups in total. The largest absolute Gasteiger partial charge is 0.329 e. The molecule has 0 bridgehead atoms. The number of hydrogen-bond acceptors (Lipinski definition) is 3. The van der Waals surface area contributed by atoms with Crippen LogP contribution < -0.4 is 5.32 Å². The van der Waals surface area contributed by atoms with E-state index in [1.165, 1.54) is 16.7 Å². The topological polar surface area (TPSA) is 49.4 Å². The summed E-state index contributed by atoms with van der Waals surface area (Å²) in [6, 6.07) is 8.74. The highest BCUT2D eigenvalue weighted by atomic mass is 32.2. The van der Waals surface area contributed by atoms with Gasteiger partial charge in [-0.05, 0) is 12.1 Å². The lowest BCUT2D eigenvalue weighted by molar-refractivity contribution is 0.213. The van der Waals surface area contributed by atoms with Crippen LogP contribution in [0.4, 0.5) is 15.3 Å². The van der Waals surface area contributed by atoms with Crippen LogP contribution in [0.2, 0.25) is 0 Å². The van der Waals surface area contributed by atoms with E-state index in [2.05, 4.69) is 5.32 Å². The number of benzene rings is 1. The molecular formula is C10H10N2O2S. The Bertz CT molecular complexity index is 380. The number of anilines is 1. The van der Waals surface area contributed by atoms with Crippen molar-refractivity contribution < 1.29 is 9.59 Å². The molecule has 78 valence electrons. The molecule has 2 rings (SSSR count). The van der Waals surface area contributed by atoms with Gasteiger partial charge in [-0.3, -0.25) is 9.69 Å². The Labute approximate surface area is 91.6 Å². The van der Waals surface area contributed by atoms with E-state index in [-0.39, 0.29) is 11.3 Å². The van der Waals surface area contributed by atoms with Crippen LogP contribution in [0.5, 0.6) is 0 Å². The Morgan fingerprint density at radius 3 is 2.67 bits per heavy atom. The Kier molecular flexibility index (Phi) is 2.91. The maximum atomic E-state index is 11.6. The van der Waals surface area contributed by atoms with Crippen LogP contribution in [-0.4, -0.2) is 28.5 Å². The third kappa shape index (κ3) is 2.30. The lowest BCUT2D eigenvalue weighted by Crippen LogP contribution is -2.34. The number of para-hydroxylation sites is 1. The maximum Gasteiger partial charge on any atom is 0.329 e. The molecular weight excluding hydrogens is 212 g/mol. The van der Waals surface area contributed by atoms with Crippen LogP contribution >= 0.6 is 11.8 Å². The number of thioether (sulfide) groups is 1. The van der Waals surface area contributed by atoms with E-state index in [9.17, 15) is 9.59 Å². The summed E-state index contributed by atoms with van der Waals surface area (Å²) in [4.78, 5) is 24.1. The second kappa shape index (κ2) is 4.35. The van der Waals surface area contributed by atoms with E-state index in [1.807, 2.05) is 18.2 Å². The number of urea groups is 1. The smallest absolute Gasteiger partial charge is 0.307 e. The van der Waals surface area contributed by atoms with Gasteiger partial charge in [-0.2, -0.15) is 0 Å². The van der Waals surface area contributed by atoms with Gasteiger partial charge in [0.15, 0.2) is 0 Å². The minimum atomic E-state index is -0.351. The van der Waals surface area contributed by atoms with E-state index in [4.69, 9.17) is 0 Å². The molecule has 1 aliphatic rings. The van der Waals surface area contributed by atoms with Gasteiger partial charge in [0.1, 0.15) is 0 Å². The zero-order valence-corrected chi connectivity index (χ0v) is 8.79. The minimum Gasteiger partial charge on any atom is -0.307 e. The van der Waals surface area contributed by atoms with Gasteiger partial charge in [0.25, 0.3) is 5.24 Å². The normalized spacial score (nSPS) is 15.5. The van der Waals surface area contributed by atoms with Crippen LogP contribution in [0.15, 0.2) is 30.3 Å². The van der Waals surface area contributed by atoms with Crippen molar-refractivity contribution in [1.29, 1.82) is 0 Å². The highest BCUT2D eigenvalue weighted by Gasteiger charge is 2.27. The molecule has 5 heteroatoms. The van der Waals surface area contributed by atoms with Crippen LogP contribution in [-0.2, 0) is 0 Å². The Morgan fingerprint density at radius 1 is 1.33 bits per heavy atom. The van der Waals surface area contributed by atoms with Crippen molar-refractivity contribution in [3.8, 4) is 0 Å². The van der Waals surface area contributed by atoms with E-state index in [0.29, 0.717) is 18.0 Å². The number of carbonyl (C=O) groups is 2. The average molecular weight is 222 g/mol. The van der Waals surface area contributed by atoms with Gasteiger partial charge in [0.05, 0.1) is 0 Å². The van der Waals surface area contributed by atoms with Crippen molar-refractivity contribution in [2.24, 2.45) is 0 Å². The third-order valence-electron chi connectivity index (χ3n) is 2.03. The van der Waals surface area contributed by atoms with E-state index in [0.717, 1.165) is 0 Å². The lowest BCUT2D eigenvalue weighted by Gasteiger charge is -2.13. The predicted octanol–water partition coefficient (Wildman–Crippen LogP) is 2.39. The summed E-state index contributed by atoms with van der Waals surface area (Å²) in [7, 11) is 0. The number of hydrogen-bond donors (Lipinski definition) is 1. The molecule has 0 spiro atoms. The summed E-state index contributed by atoms with van der Waals surface area (Å²) in [5.74, 6) is 0.682. The Balaban J connectivity index is 2.01. The SMILES string of the molecule is O=C(Nc1ccccc1)N1CCSC1=O. The first-order valence-corrected chi connectivity index (χ1v) is 5.56. The quantitative estimate of drug-likeness (QED) is 0.793. The van der Waals surface area contributed by atoms with Gasteiger partial charge in [-0.1, -0.05) is 30.0 Å². The van der Waals surface area contributed by atoms with Crippen molar-refractivity contribution in [1.82, 2.24) is 4.90 Å². The molecule has 3 amide bonds. The van der Waals surface area contributed by atoms with E-state index < -0.39 is 0 Å². The summed E-state index contributed by atoms with van der Waals surface area (Å²) >= 11 is 1.17. The first kappa shape index (κ1) is 10.0. The van der Waals surface area contributed by atoms with Crippen molar-refractivity contribution in [3.05, 3.63) is 30.3 Å². The standard InChI is InChI=1S/C10H10N2O2S/c13-9(12-6-7-15-10(12)14)11-8-4-2-1-3-5-8/h1-5H,6-7H2,(H,11,13). The second-order valence-corrected chi connectivity index (χ2v) is 4.11. The number of nitrogens with zero attached hydrogens (tertiary/aromatic N) is 1. The molecule has 1 aromatic carbocycles. The molecule has 0 saturated carbocycles. The highest BCUT2D eigenvalue weighted by molar-refractivity contribution is 8.13. The molecule has 1 saturated heterocycles. The second-order valence-electron chi connectivity index (χ2n) is 3.06. The zero-order valence-electron chi connectivity index (χ0n) is 7.97. The molecule has 1 fully saturated rings. The third-order valence-corrected chi connectivity index (χ3v) is 2.89. The van der Waals surface area contributed by atoms with Gasteiger partial charge in [-0.25, -0.2) is 4.79 Å². The average Bonchev–Trinajstić information content (AvgIpc) is 2.66. The number of nitrogens with one attached hydrogen (secondary N) is 1. The summed E-state index contributed by atoms with van der Waals surface area (Å²) < 4.78 is 0. The summed E-state index contributed by atoms with van der Waals surface area (Å²) in [6.07, 6.45) is 0. The van der Waals surface area contributed by atoms with Crippen molar-refractivity contribution in [2.75, 3.05) is 17.6 Å². The zero-order chi connectivity index (χ0) is 10.7. The molecule has 1 aliphatic heterocycles. The molecule has 0 atom stereocenters. The van der Waals surface area contributed by atoms with E-state index in [1.54, 1.807) is 12.1 Å². The summed E-state index contributed by atoms with van der Waals surface area (Å²) in [6.45, 7) is 0.488. The van der Waals surface area contributed by atoms with Crippen molar-refractivity contribution in [3.63, 3.8) is 0 Å².